The first-order valence-electron chi connectivity index (χ1n) is 17.7. The van der Waals surface area contributed by atoms with Gasteiger partial charge >= 0.3 is 0 Å². The zero-order valence-corrected chi connectivity index (χ0v) is 31.5. The van der Waals surface area contributed by atoms with E-state index < -0.39 is 57.3 Å². The minimum absolute atomic E-state index is 0.0631. The van der Waals surface area contributed by atoms with Crippen LogP contribution in [0.4, 0.5) is 10.8 Å². The quantitative estimate of drug-likeness (QED) is 0.0882. The standard InChI is InChI=1S/C43H44N2O6S/c1-21(2)34-22(3)32(24(5)46)38(49)43(51)39(50)35-37(48)33-29(23(4)41(35,7)25(6)42(34,43)8)18-19-30(36(33)47)44-40-45-31(20-52-40)28-16-14-27(15-17-28)26-12-10-9-11-13-26/h9-21,23,25,34,47-48,51H,1-8H3,(H,44,45)/t23-,25-,34+,41-,42-,43+/m0/s1. The van der Waals surface area contributed by atoms with Gasteiger partial charge in [0.1, 0.15) is 11.5 Å². The molecule has 1 fully saturated rings. The number of thiazole rings is 1. The van der Waals surface area contributed by atoms with Crippen LogP contribution in [0.1, 0.15) is 72.4 Å². The van der Waals surface area contributed by atoms with Crippen LogP contribution in [0.5, 0.6) is 5.75 Å². The second-order valence-corrected chi connectivity index (χ2v) is 16.3. The summed E-state index contributed by atoms with van der Waals surface area (Å²) in [5.74, 6) is -4.67. The number of aromatic nitrogens is 1. The normalized spacial score (nSPS) is 28.5. The van der Waals surface area contributed by atoms with Crippen molar-refractivity contribution in [3.05, 3.63) is 100.0 Å². The van der Waals surface area contributed by atoms with Crippen molar-refractivity contribution in [2.75, 3.05) is 5.32 Å². The zero-order chi connectivity index (χ0) is 37.7. The second kappa shape index (κ2) is 12.1. The maximum atomic E-state index is 14.9. The summed E-state index contributed by atoms with van der Waals surface area (Å²) in [7, 11) is 0. The molecule has 3 aromatic carbocycles. The van der Waals surface area contributed by atoms with Gasteiger partial charge in [-0.3, -0.25) is 14.4 Å². The van der Waals surface area contributed by atoms with E-state index in [4.69, 9.17) is 4.98 Å². The Hall–Kier alpha value is -4.86. The number of aliphatic hydroxyl groups is 2. The second-order valence-electron chi connectivity index (χ2n) is 15.5. The van der Waals surface area contributed by atoms with Gasteiger partial charge in [-0.2, -0.15) is 0 Å². The molecule has 8 nitrogen and oxygen atoms in total. The summed E-state index contributed by atoms with van der Waals surface area (Å²) < 4.78 is 0. The number of aromatic hydroxyl groups is 1. The Morgan fingerprint density at radius 1 is 0.904 bits per heavy atom. The molecule has 0 unspecified atom stereocenters. The number of ketones is 3. The van der Waals surface area contributed by atoms with Gasteiger partial charge in [-0.1, -0.05) is 108 Å². The van der Waals surface area contributed by atoms with Gasteiger partial charge in [-0.25, -0.2) is 4.98 Å². The summed E-state index contributed by atoms with van der Waals surface area (Å²) in [5, 5.41) is 42.1. The highest BCUT2D eigenvalue weighted by molar-refractivity contribution is 7.14. The maximum absolute atomic E-state index is 14.9. The van der Waals surface area contributed by atoms with Gasteiger partial charge in [0.15, 0.2) is 16.5 Å². The fourth-order valence-electron chi connectivity index (χ4n) is 10.0. The predicted molar refractivity (Wildman–Crippen MR) is 204 cm³/mol. The third-order valence-electron chi connectivity index (χ3n) is 12.8. The van der Waals surface area contributed by atoms with E-state index in [1.165, 1.54) is 18.3 Å². The summed E-state index contributed by atoms with van der Waals surface area (Å²) >= 11 is 1.36. The van der Waals surface area contributed by atoms with Crippen molar-refractivity contribution in [1.29, 1.82) is 0 Å². The molecule has 6 atom stereocenters. The molecule has 3 aliphatic rings. The molecule has 268 valence electrons. The molecule has 3 aliphatic carbocycles. The van der Waals surface area contributed by atoms with Crippen LogP contribution in [0, 0.1) is 28.6 Å². The number of rotatable bonds is 6. The van der Waals surface area contributed by atoms with Crippen molar-refractivity contribution in [1.82, 2.24) is 4.98 Å². The van der Waals surface area contributed by atoms with E-state index in [1.54, 1.807) is 19.9 Å². The van der Waals surface area contributed by atoms with Gasteiger partial charge in [-0.05, 0) is 60.3 Å². The van der Waals surface area contributed by atoms with Crippen LogP contribution >= 0.6 is 11.3 Å². The molecular formula is C43H44N2O6S. The predicted octanol–water partition coefficient (Wildman–Crippen LogP) is 9.04. The fraction of sp³-hybridized carbons (Fsp3) is 0.349. The van der Waals surface area contributed by atoms with E-state index in [-0.39, 0.29) is 34.1 Å². The van der Waals surface area contributed by atoms with Crippen LogP contribution in [0.25, 0.3) is 28.1 Å². The molecule has 0 amide bonds. The van der Waals surface area contributed by atoms with E-state index in [0.717, 1.165) is 22.4 Å². The number of Topliss-reactive ketones (excluding diaryl/α,β-unsaturated/α-hetero) is 3. The van der Waals surface area contributed by atoms with Crippen LogP contribution in [0.2, 0.25) is 0 Å². The van der Waals surface area contributed by atoms with Gasteiger partial charge < -0.3 is 20.6 Å². The lowest BCUT2D eigenvalue weighted by Gasteiger charge is -2.65. The van der Waals surface area contributed by atoms with E-state index in [1.807, 2.05) is 88.5 Å². The number of phenolic OH excluding ortho intramolecular Hbond substituents is 1. The number of phenols is 1. The number of hydrogen-bond acceptors (Lipinski definition) is 9. The molecule has 4 aromatic rings. The number of nitrogens with one attached hydrogen (secondary N) is 1. The molecule has 9 heteroatoms. The first-order chi connectivity index (χ1) is 24.5. The third kappa shape index (κ3) is 4.61. The molecule has 4 N–H and O–H groups in total. The SMILES string of the molecule is CC(=O)C1=C(C)[C@@H](C(C)C)[C@]2(C)[C@@H](C)[C@@]3(C)C(=C(O)c4c(ccc(Nc5nc(-c6ccc(-c7ccccc7)cc6)cs5)c4O)[C@@H]3C)C(=O)[C@]2(O)C1=O. The van der Waals surface area contributed by atoms with Crippen LogP contribution < -0.4 is 5.32 Å². The minimum atomic E-state index is -2.61. The van der Waals surface area contributed by atoms with Crippen molar-refractivity contribution in [2.45, 2.75) is 66.9 Å². The van der Waals surface area contributed by atoms with Crippen molar-refractivity contribution < 1.29 is 29.7 Å². The van der Waals surface area contributed by atoms with E-state index in [0.29, 0.717) is 16.3 Å². The Labute approximate surface area is 308 Å². The average molecular weight is 717 g/mol. The molecule has 52 heavy (non-hydrogen) atoms. The summed E-state index contributed by atoms with van der Waals surface area (Å²) in [5.41, 5.74) is 0.220. The molecule has 0 bridgehead atoms. The number of nitrogens with zero attached hydrogens (tertiary/aromatic N) is 1. The van der Waals surface area contributed by atoms with Gasteiger partial charge in [0.05, 0.1) is 22.5 Å². The molecular weight excluding hydrogens is 673 g/mol. The summed E-state index contributed by atoms with van der Waals surface area (Å²) in [6, 6.07) is 21.8. The largest absolute Gasteiger partial charge is 0.507 e. The van der Waals surface area contributed by atoms with Crippen LogP contribution in [0.3, 0.4) is 0 Å². The number of anilines is 2. The van der Waals surface area contributed by atoms with Crippen LogP contribution in [-0.4, -0.2) is 43.3 Å². The Balaban J connectivity index is 1.29. The molecule has 0 spiro atoms. The fourth-order valence-corrected chi connectivity index (χ4v) is 10.8. The van der Waals surface area contributed by atoms with Crippen molar-refractivity contribution in [3.63, 3.8) is 0 Å². The topological polar surface area (TPSA) is 137 Å². The first-order valence-corrected chi connectivity index (χ1v) is 18.6. The number of fused-ring (bicyclic) bond motifs is 3. The number of carbonyl (C=O) groups is 3. The third-order valence-corrected chi connectivity index (χ3v) is 13.6. The highest BCUT2D eigenvalue weighted by Crippen LogP contribution is 2.70. The van der Waals surface area contributed by atoms with Gasteiger partial charge in [0, 0.05) is 27.3 Å². The molecule has 1 heterocycles. The molecule has 7 rings (SSSR count). The highest BCUT2D eigenvalue weighted by Gasteiger charge is 2.75. The Morgan fingerprint density at radius 2 is 1.52 bits per heavy atom. The summed E-state index contributed by atoms with van der Waals surface area (Å²) in [6.45, 7) is 14.5. The molecule has 0 aliphatic heterocycles. The van der Waals surface area contributed by atoms with Gasteiger partial charge in [0.25, 0.3) is 0 Å². The lowest BCUT2D eigenvalue weighted by molar-refractivity contribution is -0.194. The van der Waals surface area contributed by atoms with Gasteiger partial charge in [-0.15, -0.1) is 11.3 Å². The lowest BCUT2D eigenvalue weighted by atomic mass is 9.37. The van der Waals surface area contributed by atoms with Crippen molar-refractivity contribution in [3.8, 4) is 28.1 Å². The Morgan fingerprint density at radius 3 is 2.13 bits per heavy atom. The highest BCUT2D eigenvalue weighted by atomic mass is 32.1. The van der Waals surface area contributed by atoms with E-state index >= 15 is 0 Å². The maximum Gasteiger partial charge on any atom is 0.206 e. The van der Waals surface area contributed by atoms with E-state index in [2.05, 4.69) is 17.4 Å². The van der Waals surface area contributed by atoms with Gasteiger partial charge in [0.2, 0.25) is 11.6 Å². The summed E-state index contributed by atoms with van der Waals surface area (Å²) in [6.07, 6.45) is 0. The molecule has 1 aromatic heterocycles. The number of aliphatic hydroxyl groups excluding tert-OH is 1. The van der Waals surface area contributed by atoms with E-state index in [9.17, 15) is 29.7 Å². The monoisotopic (exact) mass is 716 g/mol. The number of carbonyl (C=O) groups excluding carboxylic acids is 3. The van der Waals surface area contributed by atoms with Crippen molar-refractivity contribution in [2.24, 2.45) is 28.6 Å². The number of benzene rings is 3. The van der Waals surface area contributed by atoms with Crippen LogP contribution in [0.15, 0.2) is 88.8 Å². The Kier molecular flexibility index (Phi) is 8.27. The Bertz CT molecular complexity index is 2230. The minimum Gasteiger partial charge on any atom is -0.507 e. The number of hydrogen-bond donors (Lipinski definition) is 4. The lowest BCUT2D eigenvalue weighted by Crippen LogP contribution is -2.74. The molecule has 1 saturated carbocycles. The smallest absolute Gasteiger partial charge is 0.206 e. The van der Waals surface area contributed by atoms with Crippen LogP contribution in [-0.2, 0) is 14.4 Å². The van der Waals surface area contributed by atoms with Crippen molar-refractivity contribution >= 4 is 45.3 Å². The molecule has 0 radical (unpaired) electrons. The average Bonchev–Trinajstić information content (AvgIpc) is 3.58. The number of allylic oxidation sites excluding steroid dienone is 1. The molecule has 0 saturated heterocycles. The first kappa shape index (κ1) is 35.5. The zero-order valence-electron chi connectivity index (χ0n) is 30.7. The summed E-state index contributed by atoms with van der Waals surface area (Å²) in [4.78, 5) is 46.8.